The van der Waals surface area contributed by atoms with Crippen LogP contribution < -0.4 is 10.6 Å². The van der Waals surface area contributed by atoms with Gasteiger partial charge in [-0.15, -0.1) is 0 Å². The van der Waals surface area contributed by atoms with Crippen LogP contribution in [0.3, 0.4) is 0 Å². The van der Waals surface area contributed by atoms with Gasteiger partial charge in [-0.3, -0.25) is 9.59 Å². The fourth-order valence-corrected chi connectivity index (χ4v) is 2.55. The molecule has 0 aliphatic carbocycles. The maximum absolute atomic E-state index is 12.8. The van der Waals surface area contributed by atoms with Crippen molar-refractivity contribution in [2.24, 2.45) is 0 Å². The highest BCUT2D eigenvalue weighted by Gasteiger charge is 2.30. The Morgan fingerprint density at radius 3 is 2.31 bits per heavy atom. The zero-order valence-corrected chi connectivity index (χ0v) is 15.0. The summed E-state index contributed by atoms with van der Waals surface area (Å²) < 4.78 is 38.4. The first-order valence-electron chi connectivity index (χ1n) is 8.60. The van der Waals surface area contributed by atoms with Crippen LogP contribution in [0.1, 0.15) is 31.8 Å². The highest BCUT2D eigenvalue weighted by Crippen LogP contribution is 2.29. The molecule has 0 aliphatic heterocycles. The van der Waals surface area contributed by atoms with Gasteiger partial charge >= 0.3 is 6.18 Å². The Morgan fingerprint density at radius 2 is 1.59 bits per heavy atom. The van der Waals surface area contributed by atoms with Gasteiger partial charge in [0.15, 0.2) is 0 Å². The Hall–Kier alpha value is -3.68. The van der Waals surface area contributed by atoms with Gasteiger partial charge in [0.2, 0.25) is 0 Å². The molecular formula is C21H16F3N3O2. The highest BCUT2D eigenvalue weighted by molar-refractivity contribution is 6.04. The monoisotopic (exact) mass is 399 g/mol. The van der Waals surface area contributed by atoms with Crippen LogP contribution in [-0.2, 0) is 12.7 Å². The fourth-order valence-electron chi connectivity index (χ4n) is 2.55. The van der Waals surface area contributed by atoms with Crippen molar-refractivity contribution in [2.45, 2.75) is 12.7 Å². The third-order valence-electron chi connectivity index (χ3n) is 4.01. The van der Waals surface area contributed by atoms with E-state index in [2.05, 4.69) is 15.6 Å². The van der Waals surface area contributed by atoms with Gasteiger partial charge in [0.25, 0.3) is 11.8 Å². The van der Waals surface area contributed by atoms with Crippen LogP contribution in [-0.4, -0.2) is 16.8 Å². The Bertz CT molecular complexity index is 1020. The molecule has 2 N–H and O–H groups in total. The number of rotatable bonds is 5. The largest absolute Gasteiger partial charge is 0.416 e. The number of nitrogens with one attached hydrogen (secondary N) is 2. The number of halogens is 3. The molecule has 2 amide bonds. The summed E-state index contributed by atoms with van der Waals surface area (Å²) in [5, 5.41) is 5.16. The standard InChI is InChI=1S/C21H16F3N3O2/c22-21(23,24)17-8-4-7-15(11-17)20(29)27-18-12-16(9-10-25-18)19(28)26-13-14-5-2-1-3-6-14/h1-12H,13H2,(H,26,28)(H,25,27,29). The van der Waals surface area contributed by atoms with Crippen molar-refractivity contribution in [1.82, 2.24) is 10.3 Å². The van der Waals surface area contributed by atoms with Crippen molar-refractivity contribution >= 4 is 17.6 Å². The summed E-state index contributed by atoms with van der Waals surface area (Å²) in [4.78, 5) is 28.5. The minimum Gasteiger partial charge on any atom is -0.348 e. The number of alkyl halides is 3. The summed E-state index contributed by atoms with van der Waals surface area (Å²) >= 11 is 0. The van der Waals surface area contributed by atoms with E-state index in [-0.39, 0.29) is 22.9 Å². The van der Waals surface area contributed by atoms with Gasteiger partial charge in [0.1, 0.15) is 5.82 Å². The lowest BCUT2D eigenvalue weighted by molar-refractivity contribution is -0.137. The average molecular weight is 399 g/mol. The van der Waals surface area contributed by atoms with Crippen molar-refractivity contribution in [1.29, 1.82) is 0 Å². The van der Waals surface area contributed by atoms with E-state index in [1.54, 1.807) is 0 Å². The molecule has 0 atom stereocenters. The molecule has 0 fully saturated rings. The molecule has 0 aliphatic rings. The quantitative estimate of drug-likeness (QED) is 0.673. The SMILES string of the molecule is O=C(NCc1ccccc1)c1ccnc(NC(=O)c2cccc(C(F)(F)F)c2)c1. The van der Waals surface area contributed by atoms with E-state index in [0.29, 0.717) is 6.54 Å². The zero-order valence-electron chi connectivity index (χ0n) is 15.0. The third-order valence-corrected chi connectivity index (χ3v) is 4.01. The minimum absolute atomic E-state index is 0.0553. The first-order valence-corrected chi connectivity index (χ1v) is 8.60. The van der Waals surface area contributed by atoms with Gasteiger partial charge in [-0.2, -0.15) is 13.2 Å². The van der Waals surface area contributed by atoms with Crippen LogP contribution in [0.25, 0.3) is 0 Å². The molecule has 5 nitrogen and oxygen atoms in total. The van der Waals surface area contributed by atoms with Gasteiger partial charge in [-0.25, -0.2) is 4.98 Å². The van der Waals surface area contributed by atoms with E-state index in [4.69, 9.17) is 0 Å². The van der Waals surface area contributed by atoms with Gasteiger partial charge in [-0.1, -0.05) is 36.4 Å². The van der Waals surface area contributed by atoms with Crippen LogP contribution in [0.4, 0.5) is 19.0 Å². The molecule has 3 aromatic rings. The second kappa shape index (κ2) is 8.55. The molecule has 0 saturated heterocycles. The number of benzene rings is 2. The summed E-state index contributed by atoms with van der Waals surface area (Å²) in [6.45, 7) is 0.327. The Balaban J connectivity index is 1.68. The van der Waals surface area contributed by atoms with Gasteiger partial charge in [0, 0.05) is 23.9 Å². The fraction of sp³-hybridized carbons (Fsp3) is 0.0952. The lowest BCUT2D eigenvalue weighted by Gasteiger charge is -2.10. The number of nitrogens with zero attached hydrogens (tertiary/aromatic N) is 1. The molecule has 8 heteroatoms. The van der Waals surface area contributed by atoms with Gasteiger partial charge < -0.3 is 10.6 Å². The molecule has 3 rings (SSSR count). The number of carbonyl (C=O) groups is 2. The van der Waals surface area contributed by atoms with E-state index in [1.165, 1.54) is 24.4 Å². The van der Waals surface area contributed by atoms with Crippen LogP contribution in [0, 0.1) is 0 Å². The molecule has 148 valence electrons. The van der Waals surface area contributed by atoms with Crippen molar-refractivity contribution in [3.8, 4) is 0 Å². The maximum Gasteiger partial charge on any atom is 0.416 e. The lowest BCUT2D eigenvalue weighted by atomic mass is 10.1. The molecule has 0 bridgehead atoms. The predicted octanol–water partition coefficient (Wildman–Crippen LogP) is 4.28. The van der Waals surface area contributed by atoms with E-state index in [9.17, 15) is 22.8 Å². The molecule has 1 heterocycles. The maximum atomic E-state index is 12.8. The molecule has 1 aromatic heterocycles. The molecular weight excluding hydrogens is 383 g/mol. The summed E-state index contributed by atoms with van der Waals surface area (Å²) in [5.74, 6) is -1.07. The number of amides is 2. The van der Waals surface area contributed by atoms with Crippen molar-refractivity contribution in [3.63, 3.8) is 0 Å². The molecule has 0 saturated carbocycles. The number of hydrogen-bond donors (Lipinski definition) is 2. The zero-order chi connectivity index (χ0) is 20.9. The van der Waals surface area contributed by atoms with Crippen molar-refractivity contribution in [3.05, 3.63) is 95.2 Å². The van der Waals surface area contributed by atoms with E-state index < -0.39 is 17.6 Å². The Labute approximate surface area is 164 Å². The smallest absolute Gasteiger partial charge is 0.348 e. The van der Waals surface area contributed by atoms with Crippen molar-refractivity contribution in [2.75, 3.05) is 5.32 Å². The Morgan fingerprint density at radius 1 is 0.862 bits per heavy atom. The van der Waals surface area contributed by atoms with E-state index >= 15 is 0 Å². The van der Waals surface area contributed by atoms with E-state index in [1.807, 2.05) is 30.3 Å². The average Bonchev–Trinajstić information content (AvgIpc) is 2.72. The molecule has 0 spiro atoms. The first kappa shape index (κ1) is 20.1. The number of aromatic nitrogens is 1. The normalized spacial score (nSPS) is 11.0. The lowest BCUT2D eigenvalue weighted by Crippen LogP contribution is -2.23. The molecule has 2 aromatic carbocycles. The predicted molar refractivity (Wildman–Crippen MR) is 101 cm³/mol. The summed E-state index contributed by atoms with van der Waals surface area (Å²) in [7, 11) is 0. The summed E-state index contributed by atoms with van der Waals surface area (Å²) in [6.07, 6.45) is -3.22. The van der Waals surface area contributed by atoms with Crippen LogP contribution in [0.15, 0.2) is 72.9 Å². The van der Waals surface area contributed by atoms with E-state index in [0.717, 1.165) is 23.8 Å². The minimum atomic E-state index is -4.55. The van der Waals surface area contributed by atoms with Crippen LogP contribution in [0.5, 0.6) is 0 Å². The van der Waals surface area contributed by atoms with Crippen LogP contribution in [0.2, 0.25) is 0 Å². The first-order chi connectivity index (χ1) is 13.8. The molecule has 0 radical (unpaired) electrons. The second-order valence-corrected chi connectivity index (χ2v) is 6.13. The molecule has 29 heavy (non-hydrogen) atoms. The number of pyridine rings is 1. The third kappa shape index (κ3) is 5.41. The van der Waals surface area contributed by atoms with Crippen molar-refractivity contribution < 1.29 is 22.8 Å². The topological polar surface area (TPSA) is 71.1 Å². The summed E-state index contributed by atoms with van der Waals surface area (Å²) in [6, 6.07) is 16.2. The number of carbonyl (C=O) groups excluding carboxylic acids is 2. The van der Waals surface area contributed by atoms with Crippen LogP contribution >= 0.6 is 0 Å². The Kier molecular flexibility index (Phi) is 5.92. The number of hydrogen-bond acceptors (Lipinski definition) is 3. The highest BCUT2D eigenvalue weighted by atomic mass is 19.4. The van der Waals surface area contributed by atoms with Gasteiger partial charge in [-0.05, 0) is 35.9 Å². The second-order valence-electron chi connectivity index (χ2n) is 6.13. The summed E-state index contributed by atoms with van der Waals surface area (Å²) in [5.41, 5.74) is 0.0935. The molecule has 0 unspecified atom stereocenters. The van der Waals surface area contributed by atoms with Gasteiger partial charge in [0.05, 0.1) is 5.56 Å². The number of anilines is 1.